The molecule has 1 saturated heterocycles. The third-order valence-corrected chi connectivity index (χ3v) is 4.11. The van der Waals surface area contributed by atoms with E-state index in [1.165, 1.54) is 10.6 Å². The summed E-state index contributed by atoms with van der Waals surface area (Å²) in [4.78, 5) is 43.1. The second-order valence-electron chi connectivity index (χ2n) is 5.67. The minimum absolute atomic E-state index is 0.0997. The van der Waals surface area contributed by atoms with Crippen molar-refractivity contribution in [2.24, 2.45) is 0 Å². The number of fused-ring (bicyclic) bond motifs is 1. The van der Waals surface area contributed by atoms with Crippen LogP contribution in [0.3, 0.4) is 0 Å². The number of hydrogen-bond donors (Lipinski definition) is 0. The number of nitrogens with zero attached hydrogens (tertiary/aromatic N) is 3. The maximum absolute atomic E-state index is 12.7. The highest BCUT2D eigenvalue weighted by Crippen LogP contribution is 2.13. The molecule has 0 saturated carbocycles. The standard InChI is InChI=1S/C17H19N3O4/c1-2-24-17(23)12-10-13-14(6-5-7-18-13)20(16(12)22)11-15(21)19-8-3-4-9-19/h5-7,10H,2-4,8-9,11H2,1H3. The fourth-order valence-electron chi connectivity index (χ4n) is 2.92. The second-order valence-corrected chi connectivity index (χ2v) is 5.67. The van der Waals surface area contributed by atoms with Gasteiger partial charge in [0.2, 0.25) is 5.91 Å². The summed E-state index contributed by atoms with van der Waals surface area (Å²) in [7, 11) is 0. The van der Waals surface area contributed by atoms with Gasteiger partial charge in [0.15, 0.2) is 0 Å². The normalized spacial score (nSPS) is 14.1. The molecule has 1 amide bonds. The molecule has 3 rings (SSSR count). The Hall–Kier alpha value is -2.70. The molecule has 0 N–H and O–H groups in total. The predicted octanol–water partition coefficient (Wildman–Crippen LogP) is 1.20. The molecule has 0 aliphatic carbocycles. The lowest BCUT2D eigenvalue weighted by atomic mass is 10.2. The summed E-state index contributed by atoms with van der Waals surface area (Å²) < 4.78 is 6.26. The second kappa shape index (κ2) is 6.82. The van der Waals surface area contributed by atoms with Crippen molar-refractivity contribution >= 4 is 22.9 Å². The summed E-state index contributed by atoms with van der Waals surface area (Å²) in [6.45, 7) is 3.16. The van der Waals surface area contributed by atoms with Crippen LogP contribution < -0.4 is 5.56 Å². The Kier molecular flexibility index (Phi) is 4.59. The van der Waals surface area contributed by atoms with Crippen molar-refractivity contribution < 1.29 is 14.3 Å². The van der Waals surface area contributed by atoms with Crippen LogP contribution in [0, 0.1) is 0 Å². The number of carbonyl (C=O) groups is 2. The highest BCUT2D eigenvalue weighted by Gasteiger charge is 2.22. The van der Waals surface area contributed by atoms with Crippen molar-refractivity contribution in [2.75, 3.05) is 19.7 Å². The lowest BCUT2D eigenvalue weighted by Gasteiger charge is -2.17. The molecule has 1 fully saturated rings. The van der Waals surface area contributed by atoms with Crippen LogP contribution in [0.2, 0.25) is 0 Å². The first-order chi connectivity index (χ1) is 11.6. The summed E-state index contributed by atoms with van der Waals surface area (Å²) in [5, 5.41) is 0. The topological polar surface area (TPSA) is 81.5 Å². The third kappa shape index (κ3) is 3.02. The van der Waals surface area contributed by atoms with Gasteiger partial charge >= 0.3 is 5.97 Å². The maximum Gasteiger partial charge on any atom is 0.343 e. The van der Waals surface area contributed by atoms with Gasteiger partial charge < -0.3 is 9.64 Å². The average molecular weight is 329 g/mol. The lowest BCUT2D eigenvalue weighted by molar-refractivity contribution is -0.130. The first-order valence-electron chi connectivity index (χ1n) is 8.05. The number of rotatable bonds is 4. The van der Waals surface area contributed by atoms with Gasteiger partial charge in [-0.2, -0.15) is 0 Å². The molecule has 0 atom stereocenters. The molecule has 24 heavy (non-hydrogen) atoms. The van der Waals surface area contributed by atoms with Gasteiger partial charge in [0.05, 0.1) is 17.6 Å². The molecule has 0 unspecified atom stereocenters. The Balaban J connectivity index is 2.06. The molecule has 0 aromatic carbocycles. The van der Waals surface area contributed by atoms with Gasteiger partial charge in [-0.1, -0.05) is 0 Å². The van der Waals surface area contributed by atoms with Crippen molar-refractivity contribution in [1.82, 2.24) is 14.5 Å². The number of carbonyl (C=O) groups excluding carboxylic acids is 2. The number of aromatic nitrogens is 2. The van der Waals surface area contributed by atoms with Crippen molar-refractivity contribution in [3.63, 3.8) is 0 Å². The maximum atomic E-state index is 12.7. The largest absolute Gasteiger partial charge is 0.462 e. The Labute approximate surface area is 138 Å². The monoisotopic (exact) mass is 329 g/mol. The molecular weight excluding hydrogens is 310 g/mol. The average Bonchev–Trinajstić information content (AvgIpc) is 3.12. The SMILES string of the molecule is CCOC(=O)c1cc2ncccc2n(CC(=O)N2CCCC2)c1=O. The number of likely N-dealkylation sites (tertiary alicyclic amines) is 1. The van der Waals surface area contributed by atoms with Gasteiger partial charge in [0, 0.05) is 19.3 Å². The summed E-state index contributed by atoms with van der Waals surface area (Å²) in [5.74, 6) is -0.821. The minimum Gasteiger partial charge on any atom is -0.462 e. The van der Waals surface area contributed by atoms with Crippen LogP contribution in [0.1, 0.15) is 30.1 Å². The molecule has 2 aromatic heterocycles. The van der Waals surface area contributed by atoms with E-state index in [9.17, 15) is 14.4 Å². The van der Waals surface area contributed by atoms with Gasteiger partial charge in [0.1, 0.15) is 12.1 Å². The molecule has 1 aliphatic rings. The highest BCUT2D eigenvalue weighted by atomic mass is 16.5. The van der Waals surface area contributed by atoms with E-state index in [4.69, 9.17) is 4.74 Å². The lowest BCUT2D eigenvalue weighted by Crippen LogP contribution is -2.36. The summed E-state index contributed by atoms with van der Waals surface area (Å²) in [6.07, 6.45) is 3.53. The van der Waals surface area contributed by atoms with E-state index >= 15 is 0 Å². The number of pyridine rings is 2. The van der Waals surface area contributed by atoms with E-state index in [0.717, 1.165) is 12.8 Å². The van der Waals surface area contributed by atoms with Crippen molar-refractivity contribution in [2.45, 2.75) is 26.3 Å². The summed E-state index contributed by atoms with van der Waals surface area (Å²) in [6, 6.07) is 4.84. The number of amides is 1. The molecule has 0 bridgehead atoms. The molecule has 1 aliphatic heterocycles. The highest BCUT2D eigenvalue weighted by molar-refractivity contribution is 5.93. The van der Waals surface area contributed by atoms with Crippen LogP contribution in [0.15, 0.2) is 29.2 Å². The van der Waals surface area contributed by atoms with Crippen molar-refractivity contribution in [3.05, 3.63) is 40.3 Å². The van der Waals surface area contributed by atoms with Crippen LogP contribution in [-0.4, -0.2) is 46.0 Å². The zero-order valence-electron chi connectivity index (χ0n) is 13.5. The van der Waals surface area contributed by atoms with Crippen LogP contribution in [0.5, 0.6) is 0 Å². The van der Waals surface area contributed by atoms with Crippen LogP contribution >= 0.6 is 0 Å². The summed E-state index contributed by atoms with van der Waals surface area (Å²) in [5.41, 5.74) is 0.385. The first kappa shape index (κ1) is 16.2. The molecule has 7 nitrogen and oxygen atoms in total. The molecule has 126 valence electrons. The van der Waals surface area contributed by atoms with E-state index < -0.39 is 11.5 Å². The Morgan fingerprint density at radius 2 is 2.04 bits per heavy atom. The van der Waals surface area contributed by atoms with E-state index in [-0.39, 0.29) is 24.6 Å². The van der Waals surface area contributed by atoms with Gasteiger partial charge in [-0.15, -0.1) is 0 Å². The molecule has 7 heteroatoms. The van der Waals surface area contributed by atoms with Gasteiger partial charge in [-0.05, 0) is 38.0 Å². The van der Waals surface area contributed by atoms with Crippen molar-refractivity contribution in [3.8, 4) is 0 Å². The number of esters is 1. The van der Waals surface area contributed by atoms with E-state index in [2.05, 4.69) is 4.98 Å². The van der Waals surface area contributed by atoms with Crippen LogP contribution in [-0.2, 0) is 16.1 Å². The molecule has 3 heterocycles. The van der Waals surface area contributed by atoms with Gasteiger partial charge in [0.25, 0.3) is 5.56 Å². The van der Waals surface area contributed by atoms with E-state index in [0.29, 0.717) is 24.1 Å². The van der Waals surface area contributed by atoms with Gasteiger partial charge in [-0.25, -0.2) is 4.79 Å². The van der Waals surface area contributed by atoms with E-state index in [1.54, 1.807) is 30.2 Å². The van der Waals surface area contributed by atoms with Crippen molar-refractivity contribution in [1.29, 1.82) is 0 Å². The van der Waals surface area contributed by atoms with Crippen LogP contribution in [0.25, 0.3) is 11.0 Å². The zero-order valence-corrected chi connectivity index (χ0v) is 13.5. The zero-order chi connectivity index (χ0) is 17.1. The van der Waals surface area contributed by atoms with Crippen LogP contribution in [0.4, 0.5) is 0 Å². The smallest absolute Gasteiger partial charge is 0.343 e. The Morgan fingerprint density at radius 3 is 2.75 bits per heavy atom. The Morgan fingerprint density at radius 1 is 1.29 bits per heavy atom. The first-order valence-corrected chi connectivity index (χ1v) is 8.05. The van der Waals surface area contributed by atoms with E-state index in [1.807, 2.05) is 0 Å². The predicted molar refractivity (Wildman–Crippen MR) is 87.8 cm³/mol. The fourth-order valence-corrected chi connectivity index (χ4v) is 2.92. The minimum atomic E-state index is -0.697. The molecular formula is C17H19N3O4. The Bertz CT molecular complexity index is 837. The molecule has 2 aromatic rings. The third-order valence-electron chi connectivity index (χ3n) is 4.11. The van der Waals surface area contributed by atoms with Gasteiger partial charge in [-0.3, -0.25) is 19.1 Å². The molecule has 0 spiro atoms. The fraction of sp³-hybridized carbons (Fsp3) is 0.412. The summed E-state index contributed by atoms with van der Waals surface area (Å²) >= 11 is 0. The quantitative estimate of drug-likeness (QED) is 0.787. The number of ether oxygens (including phenoxy) is 1. The number of hydrogen-bond acceptors (Lipinski definition) is 5. The molecule has 0 radical (unpaired) electrons.